The third-order valence-corrected chi connectivity index (χ3v) is 3.28. The van der Waals surface area contributed by atoms with Crippen LogP contribution in [-0.2, 0) is 6.18 Å². The van der Waals surface area contributed by atoms with Gasteiger partial charge in [0.1, 0.15) is 5.82 Å². The van der Waals surface area contributed by atoms with Crippen LogP contribution < -0.4 is 5.73 Å². The van der Waals surface area contributed by atoms with Crippen LogP contribution in [0.3, 0.4) is 0 Å². The van der Waals surface area contributed by atoms with Gasteiger partial charge in [0.25, 0.3) is 0 Å². The van der Waals surface area contributed by atoms with Crippen LogP contribution in [0.15, 0.2) is 18.2 Å². The van der Waals surface area contributed by atoms with Gasteiger partial charge in [-0.05, 0) is 23.6 Å². The first-order valence-corrected chi connectivity index (χ1v) is 5.98. The lowest BCUT2D eigenvalue weighted by atomic mass is 9.91. The monoisotopic (exact) mass is 279 g/mol. The van der Waals surface area contributed by atoms with Gasteiger partial charge >= 0.3 is 6.18 Å². The second-order valence-electron chi connectivity index (χ2n) is 4.64. The maximum Gasteiger partial charge on any atom is 0.419 e. The van der Waals surface area contributed by atoms with Crippen molar-refractivity contribution in [2.24, 2.45) is 11.7 Å². The fraction of sp³-hybridized carbons (Fsp3) is 0.538. The Morgan fingerprint density at radius 3 is 2.32 bits per heavy atom. The number of aliphatic hydroxyl groups excluding tert-OH is 1. The summed E-state index contributed by atoms with van der Waals surface area (Å²) in [6.07, 6.45) is -5.00. The smallest absolute Gasteiger partial charge is 0.391 e. The summed E-state index contributed by atoms with van der Waals surface area (Å²) in [7, 11) is 0. The van der Waals surface area contributed by atoms with E-state index in [1.54, 1.807) is 6.92 Å². The molecule has 0 spiro atoms. The highest BCUT2D eigenvalue weighted by Gasteiger charge is 2.34. The molecule has 19 heavy (non-hydrogen) atoms. The number of nitrogens with two attached hydrogens (primary N) is 1. The van der Waals surface area contributed by atoms with E-state index in [2.05, 4.69) is 0 Å². The molecule has 108 valence electrons. The zero-order valence-electron chi connectivity index (χ0n) is 10.7. The third-order valence-electron chi connectivity index (χ3n) is 3.28. The van der Waals surface area contributed by atoms with Crippen molar-refractivity contribution in [3.63, 3.8) is 0 Å². The van der Waals surface area contributed by atoms with Crippen LogP contribution in [0.4, 0.5) is 17.6 Å². The average molecular weight is 279 g/mol. The fourth-order valence-corrected chi connectivity index (χ4v) is 1.76. The topological polar surface area (TPSA) is 46.2 Å². The van der Waals surface area contributed by atoms with Crippen LogP contribution in [0.2, 0.25) is 0 Å². The second-order valence-corrected chi connectivity index (χ2v) is 4.64. The first-order chi connectivity index (χ1) is 8.68. The predicted molar refractivity (Wildman–Crippen MR) is 63.8 cm³/mol. The molecule has 6 heteroatoms. The van der Waals surface area contributed by atoms with Gasteiger partial charge in [-0.3, -0.25) is 0 Å². The molecular formula is C13H17F4NO. The van der Waals surface area contributed by atoms with E-state index in [1.807, 2.05) is 6.92 Å². The Bertz CT molecular complexity index is 433. The minimum absolute atomic E-state index is 0.125. The highest BCUT2D eigenvalue weighted by Crippen LogP contribution is 2.33. The lowest BCUT2D eigenvalue weighted by Gasteiger charge is -2.24. The van der Waals surface area contributed by atoms with Crippen LogP contribution in [0, 0.1) is 11.7 Å². The largest absolute Gasteiger partial charge is 0.419 e. The van der Waals surface area contributed by atoms with E-state index < -0.39 is 29.7 Å². The molecule has 2 nitrogen and oxygen atoms in total. The summed E-state index contributed by atoms with van der Waals surface area (Å²) >= 11 is 0. The van der Waals surface area contributed by atoms with Gasteiger partial charge in [0.2, 0.25) is 0 Å². The molecule has 1 rings (SSSR count). The van der Waals surface area contributed by atoms with Crippen molar-refractivity contribution in [3.8, 4) is 0 Å². The molecule has 0 radical (unpaired) electrons. The van der Waals surface area contributed by atoms with Gasteiger partial charge in [0, 0.05) is 0 Å². The summed E-state index contributed by atoms with van der Waals surface area (Å²) in [6.45, 7) is 3.62. The molecule has 3 atom stereocenters. The van der Waals surface area contributed by atoms with Gasteiger partial charge in [-0.2, -0.15) is 13.2 Å². The Morgan fingerprint density at radius 1 is 1.32 bits per heavy atom. The molecule has 1 aromatic carbocycles. The molecule has 0 amide bonds. The fourth-order valence-electron chi connectivity index (χ4n) is 1.76. The zero-order chi connectivity index (χ0) is 14.8. The number of alkyl halides is 3. The minimum atomic E-state index is -4.73. The summed E-state index contributed by atoms with van der Waals surface area (Å²) < 4.78 is 50.6. The van der Waals surface area contributed by atoms with Gasteiger partial charge in [0.05, 0.1) is 17.7 Å². The van der Waals surface area contributed by atoms with Crippen LogP contribution in [0.1, 0.15) is 37.4 Å². The summed E-state index contributed by atoms with van der Waals surface area (Å²) in [6, 6.07) is 1.57. The number of halogens is 4. The molecule has 0 aliphatic heterocycles. The maximum atomic E-state index is 13.4. The van der Waals surface area contributed by atoms with Gasteiger partial charge < -0.3 is 10.8 Å². The van der Waals surface area contributed by atoms with Crippen LogP contribution in [0.5, 0.6) is 0 Å². The lowest BCUT2D eigenvalue weighted by molar-refractivity contribution is -0.140. The summed E-state index contributed by atoms with van der Waals surface area (Å²) in [5, 5.41) is 9.89. The van der Waals surface area contributed by atoms with E-state index in [4.69, 9.17) is 5.73 Å². The normalized spacial score (nSPS) is 17.1. The molecule has 0 heterocycles. The van der Waals surface area contributed by atoms with E-state index >= 15 is 0 Å². The van der Waals surface area contributed by atoms with Crippen molar-refractivity contribution in [1.82, 2.24) is 0 Å². The minimum Gasteiger partial charge on any atom is -0.391 e. The van der Waals surface area contributed by atoms with E-state index in [-0.39, 0.29) is 11.5 Å². The maximum absolute atomic E-state index is 13.4. The molecule has 1 unspecified atom stereocenters. The zero-order valence-corrected chi connectivity index (χ0v) is 10.7. The molecule has 0 saturated carbocycles. The van der Waals surface area contributed by atoms with Crippen molar-refractivity contribution >= 4 is 0 Å². The number of benzene rings is 1. The number of hydrogen-bond acceptors (Lipinski definition) is 2. The Kier molecular flexibility index (Phi) is 4.92. The van der Waals surface area contributed by atoms with Crippen molar-refractivity contribution < 1.29 is 22.7 Å². The van der Waals surface area contributed by atoms with E-state index in [1.165, 1.54) is 0 Å². The first-order valence-electron chi connectivity index (χ1n) is 5.98. The van der Waals surface area contributed by atoms with Gasteiger partial charge in [0.15, 0.2) is 0 Å². The molecule has 0 bridgehead atoms. The third kappa shape index (κ3) is 3.67. The second kappa shape index (κ2) is 5.88. The molecule has 0 aromatic heterocycles. The number of hydrogen-bond donors (Lipinski definition) is 2. The van der Waals surface area contributed by atoms with Crippen molar-refractivity contribution in [3.05, 3.63) is 35.1 Å². The van der Waals surface area contributed by atoms with Gasteiger partial charge in [-0.1, -0.05) is 26.3 Å². The van der Waals surface area contributed by atoms with Crippen LogP contribution in [0.25, 0.3) is 0 Å². The van der Waals surface area contributed by atoms with E-state index in [0.717, 1.165) is 12.1 Å². The van der Waals surface area contributed by atoms with Crippen LogP contribution in [-0.4, -0.2) is 11.2 Å². The van der Waals surface area contributed by atoms with Crippen molar-refractivity contribution in [1.29, 1.82) is 0 Å². The highest BCUT2D eigenvalue weighted by atomic mass is 19.4. The Labute approximate surface area is 109 Å². The highest BCUT2D eigenvalue weighted by molar-refractivity contribution is 5.29. The Hall–Kier alpha value is -1.14. The first kappa shape index (κ1) is 15.9. The Morgan fingerprint density at radius 2 is 1.89 bits per heavy atom. The van der Waals surface area contributed by atoms with Crippen LogP contribution >= 0.6 is 0 Å². The molecule has 0 fully saturated rings. The standard InChI is InChI=1S/C13H17F4NO/c1-3-7(2)12(19)11(18)8-4-5-9(10(14)6-8)13(15,16)17/h4-7,11-12,19H,3,18H2,1-2H3/t7?,11-,12+/m0/s1. The van der Waals surface area contributed by atoms with Crippen molar-refractivity contribution in [2.75, 3.05) is 0 Å². The van der Waals surface area contributed by atoms with E-state index in [0.29, 0.717) is 12.5 Å². The van der Waals surface area contributed by atoms with Crippen molar-refractivity contribution in [2.45, 2.75) is 38.6 Å². The molecule has 3 N–H and O–H groups in total. The number of aliphatic hydroxyl groups is 1. The SMILES string of the molecule is CCC(C)[C@@H](O)[C@@H](N)c1ccc(C(F)(F)F)c(F)c1. The summed E-state index contributed by atoms with van der Waals surface area (Å²) in [4.78, 5) is 0. The van der Waals surface area contributed by atoms with E-state index in [9.17, 15) is 22.7 Å². The molecule has 0 saturated heterocycles. The molecule has 0 aliphatic carbocycles. The summed E-state index contributed by atoms with van der Waals surface area (Å²) in [5.74, 6) is -1.50. The lowest BCUT2D eigenvalue weighted by Crippen LogP contribution is -2.31. The van der Waals surface area contributed by atoms with Gasteiger partial charge in [-0.25, -0.2) is 4.39 Å². The molecular weight excluding hydrogens is 262 g/mol. The van der Waals surface area contributed by atoms with Gasteiger partial charge in [-0.15, -0.1) is 0 Å². The summed E-state index contributed by atoms with van der Waals surface area (Å²) in [5.41, 5.74) is 4.56. The number of rotatable bonds is 4. The average Bonchev–Trinajstić information content (AvgIpc) is 2.34. The molecule has 0 aliphatic rings. The quantitative estimate of drug-likeness (QED) is 0.831. The molecule has 1 aromatic rings. The predicted octanol–water partition coefficient (Wildman–Crippen LogP) is 3.25. The Balaban J connectivity index is 3.01.